The second kappa shape index (κ2) is 12.1. The van der Waals surface area contributed by atoms with Crippen molar-refractivity contribution in [2.24, 2.45) is 17.8 Å². The Hall–Kier alpha value is -4.74. The Labute approximate surface area is 312 Å². The number of halogens is 8. The van der Waals surface area contributed by atoms with Gasteiger partial charge >= 0.3 is 5.97 Å². The Bertz CT molecular complexity index is 2270. The number of fused-ring (bicyclic) bond motifs is 4. The molecule has 3 fully saturated rings. The van der Waals surface area contributed by atoms with E-state index in [0.717, 1.165) is 18.2 Å². The molecule has 53 heavy (non-hydrogen) atoms. The topological polar surface area (TPSA) is 162 Å². The third-order valence-corrected chi connectivity index (χ3v) is 12.2. The smallest absolute Gasteiger partial charge is 0.339 e. The van der Waals surface area contributed by atoms with Crippen molar-refractivity contribution in [1.29, 1.82) is 0 Å². The number of phenolic OH excluding ortho intramolecular Hbond substituents is 1. The maximum atomic E-state index is 15.3. The molecule has 3 aromatic carbocycles. The normalized spacial score (nSPS) is 27.8. The number of carboxylic acid groups (broad SMARTS) is 1. The molecular formula is C34H20BrCl2F5N2O9. The summed E-state index contributed by atoms with van der Waals surface area (Å²) in [6.45, 7) is 0. The number of rotatable bonds is 5. The van der Waals surface area contributed by atoms with Crippen LogP contribution in [0.2, 0.25) is 0 Å². The summed E-state index contributed by atoms with van der Waals surface area (Å²) >= 11 is 17.4. The SMILES string of the molecule is COc1cc(Br)cc(C2C3=CCC4C(=O)N(c5ccc(C(=O)O)c(O)c5)C(=O)C4C3CC3(Cl)C(=O)N(c4c(F)c(F)c(F)c(F)c4F)C(=O)C23Cl)c1O. The average molecular weight is 846 g/mol. The van der Waals surface area contributed by atoms with Gasteiger partial charge in [0.25, 0.3) is 11.8 Å². The number of phenols is 2. The minimum Gasteiger partial charge on any atom is -0.507 e. The summed E-state index contributed by atoms with van der Waals surface area (Å²) in [5.74, 6) is -26.6. The molecule has 19 heteroatoms. The highest BCUT2D eigenvalue weighted by molar-refractivity contribution is 9.10. The van der Waals surface area contributed by atoms with Crippen LogP contribution in [-0.4, -0.2) is 61.8 Å². The van der Waals surface area contributed by atoms with Crippen molar-refractivity contribution in [3.05, 3.63) is 86.7 Å². The molecule has 11 nitrogen and oxygen atoms in total. The number of amides is 4. The molecule has 2 saturated heterocycles. The predicted octanol–water partition coefficient (Wildman–Crippen LogP) is 6.03. The summed E-state index contributed by atoms with van der Waals surface area (Å²) in [6.07, 6.45) is 0.396. The van der Waals surface area contributed by atoms with Crippen molar-refractivity contribution in [3.63, 3.8) is 0 Å². The molecular weight excluding hydrogens is 826 g/mol. The largest absolute Gasteiger partial charge is 0.507 e. The highest BCUT2D eigenvalue weighted by atomic mass is 79.9. The van der Waals surface area contributed by atoms with Crippen LogP contribution in [0.25, 0.3) is 0 Å². The lowest BCUT2D eigenvalue weighted by atomic mass is 9.56. The Morgan fingerprint density at radius 3 is 2.09 bits per heavy atom. The van der Waals surface area contributed by atoms with E-state index in [-0.39, 0.29) is 38.4 Å². The van der Waals surface area contributed by atoms with Gasteiger partial charge in [0.05, 0.1) is 24.6 Å². The van der Waals surface area contributed by atoms with Gasteiger partial charge in [0.2, 0.25) is 17.6 Å². The maximum absolute atomic E-state index is 15.3. The van der Waals surface area contributed by atoms with Crippen molar-refractivity contribution >= 4 is 80.1 Å². The van der Waals surface area contributed by atoms with E-state index in [4.69, 9.17) is 27.9 Å². The molecule has 0 aromatic heterocycles. The highest BCUT2D eigenvalue weighted by Gasteiger charge is 2.77. The Kier molecular flexibility index (Phi) is 8.39. The summed E-state index contributed by atoms with van der Waals surface area (Å²) in [6, 6.07) is 5.51. The zero-order valence-electron chi connectivity index (χ0n) is 26.4. The fourth-order valence-electron chi connectivity index (χ4n) is 7.98. The van der Waals surface area contributed by atoms with Crippen molar-refractivity contribution in [3.8, 4) is 17.2 Å². The first kappa shape index (κ1) is 36.6. The van der Waals surface area contributed by atoms with Gasteiger partial charge in [-0.2, -0.15) is 0 Å². The lowest BCUT2D eigenvalue weighted by molar-refractivity contribution is -0.125. The summed E-state index contributed by atoms with van der Waals surface area (Å²) in [7, 11) is 1.18. The summed E-state index contributed by atoms with van der Waals surface area (Å²) < 4.78 is 79.0. The molecule has 7 rings (SSSR count). The number of imide groups is 2. The van der Waals surface area contributed by atoms with Crippen LogP contribution in [0.15, 0.2) is 46.5 Å². The lowest BCUT2D eigenvalue weighted by Crippen LogP contribution is -2.60. The molecule has 6 atom stereocenters. The summed E-state index contributed by atoms with van der Waals surface area (Å²) in [5.41, 5.74) is -2.91. The number of hydrogen-bond acceptors (Lipinski definition) is 8. The Balaban J connectivity index is 1.44. The van der Waals surface area contributed by atoms with E-state index in [1.807, 2.05) is 0 Å². The number of hydrogen-bond donors (Lipinski definition) is 3. The highest BCUT2D eigenvalue weighted by Crippen LogP contribution is 2.67. The second-order valence-corrected chi connectivity index (χ2v) is 14.9. The van der Waals surface area contributed by atoms with Crippen molar-refractivity contribution < 1.29 is 66.0 Å². The quantitative estimate of drug-likeness (QED) is 0.0696. The molecule has 1 saturated carbocycles. The number of carbonyl (C=O) groups is 5. The Morgan fingerprint density at radius 2 is 1.51 bits per heavy atom. The van der Waals surface area contributed by atoms with Crippen LogP contribution >= 0.6 is 39.1 Å². The molecule has 2 aliphatic heterocycles. The number of carboxylic acids is 1. The molecule has 4 aliphatic rings. The van der Waals surface area contributed by atoms with E-state index in [1.54, 1.807) is 0 Å². The van der Waals surface area contributed by atoms with Crippen LogP contribution in [0.3, 0.4) is 0 Å². The molecule has 6 unspecified atom stereocenters. The minimum absolute atomic E-state index is 0.0560. The van der Waals surface area contributed by atoms with Gasteiger partial charge in [0.15, 0.2) is 44.5 Å². The van der Waals surface area contributed by atoms with Crippen LogP contribution < -0.4 is 14.5 Å². The second-order valence-electron chi connectivity index (χ2n) is 12.8. The van der Waals surface area contributed by atoms with Gasteiger partial charge in [-0.3, -0.25) is 19.2 Å². The molecule has 3 aromatic rings. The van der Waals surface area contributed by atoms with Crippen LogP contribution in [0.4, 0.5) is 33.3 Å². The number of ether oxygens (including phenoxy) is 1. The molecule has 0 radical (unpaired) electrons. The average Bonchev–Trinajstić information content (AvgIpc) is 3.45. The fraction of sp³-hybridized carbons (Fsp3) is 0.265. The molecule has 2 heterocycles. The number of aromatic hydroxyl groups is 2. The van der Waals surface area contributed by atoms with Gasteiger partial charge < -0.3 is 20.1 Å². The molecule has 3 N–H and O–H groups in total. The number of aromatic carboxylic acids is 1. The number of anilines is 2. The first-order valence-corrected chi connectivity index (χ1v) is 16.9. The fourth-order valence-corrected chi connectivity index (χ4v) is 9.36. The molecule has 4 amide bonds. The molecule has 0 spiro atoms. The third kappa shape index (κ3) is 4.72. The third-order valence-electron chi connectivity index (χ3n) is 10.3. The van der Waals surface area contributed by atoms with Gasteiger partial charge in [-0.25, -0.2) is 36.5 Å². The zero-order valence-corrected chi connectivity index (χ0v) is 29.5. The number of nitrogens with zero attached hydrogens (tertiary/aromatic N) is 2. The molecule has 2 aliphatic carbocycles. The van der Waals surface area contributed by atoms with Gasteiger partial charge in [-0.1, -0.05) is 27.6 Å². The first-order chi connectivity index (χ1) is 24.8. The van der Waals surface area contributed by atoms with Gasteiger partial charge in [-0.05, 0) is 43.0 Å². The first-order valence-electron chi connectivity index (χ1n) is 15.3. The van der Waals surface area contributed by atoms with Crippen LogP contribution in [0.1, 0.15) is 34.7 Å². The maximum Gasteiger partial charge on any atom is 0.339 e. The number of alkyl halides is 2. The van der Waals surface area contributed by atoms with E-state index in [9.17, 15) is 52.5 Å². The van der Waals surface area contributed by atoms with Crippen molar-refractivity contribution in [2.75, 3.05) is 16.9 Å². The van der Waals surface area contributed by atoms with Crippen LogP contribution in [0, 0.1) is 46.8 Å². The Morgan fingerprint density at radius 1 is 0.887 bits per heavy atom. The van der Waals surface area contributed by atoms with Crippen molar-refractivity contribution in [2.45, 2.75) is 28.5 Å². The zero-order chi connectivity index (χ0) is 38.8. The standard InChI is InChI=1S/C34H20BrCl2F5N2O9/c1-53-18-7-10(35)6-15(27(18)46)20-12-4-5-14-19(29(48)43(28(14)47)11-2-3-13(30(49)50)17(45)8-11)16(12)9-33(36)31(51)44(32(52)34(20,33)37)26-24(41)22(39)21(38)23(40)25(26)42/h2-4,6-8,14,16,19-20,45-46H,5,9H2,1H3,(H,49,50). The number of methoxy groups -OCH3 is 1. The minimum atomic E-state index is -2.89. The van der Waals surface area contributed by atoms with E-state index in [1.165, 1.54) is 25.3 Å². The summed E-state index contributed by atoms with van der Waals surface area (Å²) in [4.78, 5) is 62.9. The number of carbonyl (C=O) groups excluding carboxylic acids is 4. The monoisotopic (exact) mass is 844 g/mol. The predicted molar refractivity (Wildman–Crippen MR) is 176 cm³/mol. The van der Waals surface area contributed by atoms with Gasteiger partial charge in [-0.15, -0.1) is 23.2 Å². The molecule has 276 valence electrons. The van der Waals surface area contributed by atoms with E-state index in [0.29, 0.717) is 4.90 Å². The van der Waals surface area contributed by atoms with Crippen LogP contribution in [0.5, 0.6) is 17.2 Å². The lowest BCUT2D eigenvalue weighted by Gasteiger charge is -2.50. The van der Waals surface area contributed by atoms with Crippen molar-refractivity contribution in [1.82, 2.24) is 0 Å². The van der Waals surface area contributed by atoms with E-state index in [2.05, 4.69) is 15.9 Å². The van der Waals surface area contributed by atoms with Crippen LogP contribution in [-0.2, 0) is 19.2 Å². The number of allylic oxidation sites excluding steroid dienone is 2. The van der Waals surface area contributed by atoms with E-state index < -0.39 is 121 Å². The van der Waals surface area contributed by atoms with Gasteiger partial charge in [0.1, 0.15) is 17.0 Å². The summed E-state index contributed by atoms with van der Waals surface area (Å²) in [5, 5.41) is 31.1. The molecule has 0 bridgehead atoms. The van der Waals surface area contributed by atoms with Gasteiger partial charge in [0, 0.05) is 22.0 Å². The van der Waals surface area contributed by atoms with E-state index >= 15 is 8.78 Å². The number of benzene rings is 3.